The molecule has 1 heterocycles. The number of rotatable bonds is 5. The molecule has 1 aromatic heterocycles. The number of carbonyl (C=O) groups excluding carboxylic acids is 1. The van der Waals surface area contributed by atoms with Crippen LogP contribution in [0.25, 0.3) is 5.57 Å². The SMILES string of the molecule is CC(=O)O[C@@H]1C(c2ccccc2)=C[C@H](c2ccccc2)[C@H](c2cccs2)[C@@H]1[N+](=O)[O-]. The van der Waals surface area contributed by atoms with Crippen molar-refractivity contribution in [3.05, 3.63) is 110 Å². The molecule has 5 nitrogen and oxygen atoms in total. The summed E-state index contributed by atoms with van der Waals surface area (Å²) in [7, 11) is 0. The normalized spacial score (nSPS) is 23.4. The zero-order valence-corrected chi connectivity index (χ0v) is 17.2. The van der Waals surface area contributed by atoms with Crippen molar-refractivity contribution in [1.29, 1.82) is 0 Å². The molecular formula is C24H21NO4S. The van der Waals surface area contributed by atoms with Gasteiger partial charge in [0.2, 0.25) is 0 Å². The van der Waals surface area contributed by atoms with Crippen molar-refractivity contribution in [3.63, 3.8) is 0 Å². The maximum Gasteiger partial charge on any atom is 0.303 e. The Hall–Kier alpha value is -3.25. The molecule has 1 aliphatic carbocycles. The van der Waals surface area contributed by atoms with Crippen molar-refractivity contribution in [3.8, 4) is 0 Å². The average molecular weight is 420 g/mol. The predicted molar refractivity (Wildman–Crippen MR) is 117 cm³/mol. The number of esters is 1. The van der Waals surface area contributed by atoms with Crippen LogP contribution < -0.4 is 0 Å². The van der Waals surface area contributed by atoms with Gasteiger partial charge in [0.1, 0.15) is 0 Å². The van der Waals surface area contributed by atoms with Gasteiger partial charge >= 0.3 is 5.97 Å². The third kappa shape index (κ3) is 3.91. The third-order valence-electron chi connectivity index (χ3n) is 5.43. The molecule has 0 saturated carbocycles. The molecule has 30 heavy (non-hydrogen) atoms. The Bertz CT molecular complexity index is 1050. The van der Waals surface area contributed by atoms with Gasteiger partial charge in [-0.2, -0.15) is 0 Å². The second kappa shape index (κ2) is 8.63. The van der Waals surface area contributed by atoms with Gasteiger partial charge < -0.3 is 4.74 Å². The fourth-order valence-corrected chi connectivity index (χ4v) is 5.14. The quantitative estimate of drug-likeness (QED) is 0.320. The molecule has 0 N–H and O–H groups in total. The minimum atomic E-state index is -1.10. The number of hydrogen-bond donors (Lipinski definition) is 0. The number of allylic oxidation sites excluding steroid dienone is 1. The predicted octanol–water partition coefficient (Wildman–Crippen LogP) is 5.29. The molecular weight excluding hydrogens is 398 g/mol. The highest BCUT2D eigenvalue weighted by molar-refractivity contribution is 7.10. The van der Waals surface area contributed by atoms with Gasteiger partial charge in [-0.05, 0) is 22.6 Å². The summed E-state index contributed by atoms with van der Waals surface area (Å²) in [6, 6.07) is 22.0. The van der Waals surface area contributed by atoms with Crippen molar-refractivity contribution < 1.29 is 14.5 Å². The molecule has 4 rings (SSSR count). The minimum absolute atomic E-state index is 0.220. The van der Waals surface area contributed by atoms with Crippen molar-refractivity contribution in [1.82, 2.24) is 0 Å². The largest absolute Gasteiger partial charge is 0.450 e. The lowest BCUT2D eigenvalue weighted by atomic mass is 9.71. The van der Waals surface area contributed by atoms with Gasteiger partial charge in [0.05, 0.1) is 5.92 Å². The van der Waals surface area contributed by atoms with Crippen LogP contribution in [-0.4, -0.2) is 23.0 Å². The summed E-state index contributed by atoms with van der Waals surface area (Å²) >= 11 is 1.49. The molecule has 1 aliphatic rings. The van der Waals surface area contributed by atoms with Crippen molar-refractivity contribution in [2.45, 2.75) is 30.9 Å². The lowest BCUT2D eigenvalue weighted by Crippen LogP contribution is -2.46. The Morgan fingerprint density at radius 2 is 1.67 bits per heavy atom. The number of carbonyl (C=O) groups is 1. The van der Waals surface area contributed by atoms with Gasteiger partial charge in [-0.25, -0.2) is 0 Å². The number of benzene rings is 2. The summed E-state index contributed by atoms with van der Waals surface area (Å²) in [6.07, 6.45) is 1.08. The Labute approximate surface area is 178 Å². The molecule has 0 bridgehead atoms. The third-order valence-corrected chi connectivity index (χ3v) is 6.40. The molecule has 0 fully saturated rings. The summed E-state index contributed by atoms with van der Waals surface area (Å²) < 4.78 is 5.60. The summed E-state index contributed by atoms with van der Waals surface area (Å²) in [5.41, 5.74) is 2.49. The Morgan fingerprint density at radius 3 is 2.23 bits per heavy atom. The van der Waals surface area contributed by atoms with E-state index in [-0.39, 0.29) is 10.8 Å². The first-order chi connectivity index (χ1) is 14.6. The molecule has 152 valence electrons. The number of nitro groups is 1. The van der Waals surface area contributed by atoms with Gasteiger partial charge in [0.15, 0.2) is 6.10 Å². The Morgan fingerprint density at radius 1 is 1.00 bits per heavy atom. The zero-order chi connectivity index (χ0) is 21.1. The average Bonchev–Trinajstić information content (AvgIpc) is 3.28. The molecule has 3 aromatic rings. The zero-order valence-electron chi connectivity index (χ0n) is 16.4. The fourth-order valence-electron chi connectivity index (χ4n) is 4.23. The first-order valence-corrected chi connectivity index (χ1v) is 10.6. The van der Waals surface area contributed by atoms with E-state index in [0.717, 1.165) is 16.0 Å². The fraction of sp³-hybridized carbons (Fsp3) is 0.208. The van der Waals surface area contributed by atoms with E-state index in [1.807, 2.05) is 84.3 Å². The summed E-state index contributed by atoms with van der Waals surface area (Å²) in [5.74, 6) is -1.20. The van der Waals surface area contributed by atoms with E-state index in [9.17, 15) is 14.9 Å². The van der Waals surface area contributed by atoms with E-state index in [4.69, 9.17) is 4.74 Å². The molecule has 0 spiro atoms. The highest BCUT2D eigenvalue weighted by Crippen LogP contribution is 2.48. The summed E-state index contributed by atoms with van der Waals surface area (Å²) in [4.78, 5) is 25.0. The molecule has 0 radical (unpaired) electrons. The van der Waals surface area contributed by atoms with Gasteiger partial charge in [0, 0.05) is 28.2 Å². The maximum atomic E-state index is 12.4. The van der Waals surface area contributed by atoms with Crippen LogP contribution in [0.5, 0.6) is 0 Å². The maximum absolute atomic E-state index is 12.4. The molecule has 0 saturated heterocycles. The second-order valence-corrected chi connectivity index (χ2v) is 8.25. The standard InChI is InChI=1S/C24H21NO4S/c1-16(26)29-24-20(18-11-6-3-7-12-18)15-19(17-9-4-2-5-10-17)22(23(24)25(27)28)21-13-8-14-30-21/h2-15,19,22-24H,1H3/t19-,22-,23+,24-/m1/s1. The van der Waals surface area contributed by atoms with Crippen LogP contribution in [0.15, 0.2) is 84.3 Å². The minimum Gasteiger partial charge on any atom is -0.450 e. The lowest BCUT2D eigenvalue weighted by molar-refractivity contribution is -0.536. The van der Waals surface area contributed by atoms with E-state index in [2.05, 4.69) is 0 Å². The van der Waals surface area contributed by atoms with E-state index >= 15 is 0 Å². The number of thiophene rings is 1. The van der Waals surface area contributed by atoms with Crippen LogP contribution in [0.3, 0.4) is 0 Å². The molecule has 2 aromatic carbocycles. The van der Waals surface area contributed by atoms with Gasteiger partial charge in [0.25, 0.3) is 6.04 Å². The highest BCUT2D eigenvalue weighted by Gasteiger charge is 2.51. The first kappa shape index (κ1) is 20.0. The van der Waals surface area contributed by atoms with Gasteiger partial charge in [-0.15, -0.1) is 11.3 Å². The topological polar surface area (TPSA) is 69.4 Å². The van der Waals surface area contributed by atoms with Crippen LogP contribution in [-0.2, 0) is 9.53 Å². The molecule has 0 unspecified atom stereocenters. The number of hydrogen-bond acceptors (Lipinski definition) is 5. The molecule has 6 heteroatoms. The second-order valence-electron chi connectivity index (χ2n) is 7.27. The van der Waals surface area contributed by atoms with Crippen LogP contribution >= 0.6 is 11.3 Å². The highest BCUT2D eigenvalue weighted by atomic mass is 32.1. The Kier molecular flexibility index (Phi) is 5.77. The summed E-state index contributed by atoms with van der Waals surface area (Å²) in [6.45, 7) is 1.29. The van der Waals surface area contributed by atoms with Crippen LogP contribution in [0.2, 0.25) is 0 Å². The van der Waals surface area contributed by atoms with Crippen molar-refractivity contribution in [2.24, 2.45) is 0 Å². The van der Waals surface area contributed by atoms with E-state index in [1.54, 1.807) is 0 Å². The number of ether oxygens (including phenoxy) is 1. The lowest BCUT2D eigenvalue weighted by Gasteiger charge is -2.37. The first-order valence-electron chi connectivity index (χ1n) is 9.72. The van der Waals surface area contributed by atoms with Crippen molar-refractivity contribution in [2.75, 3.05) is 0 Å². The van der Waals surface area contributed by atoms with Crippen molar-refractivity contribution >= 4 is 22.9 Å². The Balaban J connectivity index is 1.96. The molecule has 0 aliphatic heterocycles. The summed E-state index contributed by atoms with van der Waals surface area (Å²) in [5, 5.41) is 14.3. The van der Waals surface area contributed by atoms with E-state index < -0.39 is 24.0 Å². The number of nitrogens with zero attached hydrogens (tertiary/aromatic N) is 1. The van der Waals surface area contributed by atoms with Gasteiger partial charge in [-0.3, -0.25) is 14.9 Å². The molecule has 4 atom stereocenters. The van der Waals surface area contributed by atoms with E-state index in [0.29, 0.717) is 5.57 Å². The van der Waals surface area contributed by atoms with Gasteiger partial charge in [-0.1, -0.05) is 72.8 Å². The van der Waals surface area contributed by atoms with E-state index in [1.165, 1.54) is 18.3 Å². The smallest absolute Gasteiger partial charge is 0.303 e. The monoisotopic (exact) mass is 419 g/mol. The van der Waals surface area contributed by atoms with Crippen LogP contribution in [0, 0.1) is 10.1 Å². The van der Waals surface area contributed by atoms with Crippen LogP contribution in [0.4, 0.5) is 0 Å². The molecule has 0 amide bonds. The van der Waals surface area contributed by atoms with Crippen LogP contribution in [0.1, 0.15) is 34.8 Å².